The van der Waals surface area contributed by atoms with Gasteiger partial charge in [-0.15, -0.1) is 0 Å². The van der Waals surface area contributed by atoms with Crippen molar-refractivity contribution in [3.8, 4) is 28.3 Å². The van der Waals surface area contributed by atoms with Gasteiger partial charge in [-0.2, -0.15) is 0 Å². The fraction of sp³-hybridized carbons (Fsp3) is 0.296. The molecule has 0 bridgehead atoms. The first kappa shape index (κ1) is 23.3. The molecule has 0 unspecified atom stereocenters. The van der Waals surface area contributed by atoms with Gasteiger partial charge in [0.05, 0.1) is 31.5 Å². The van der Waals surface area contributed by atoms with Crippen LogP contribution < -0.4 is 9.64 Å². The van der Waals surface area contributed by atoms with E-state index in [1.165, 1.54) is 7.11 Å². The molecule has 0 N–H and O–H groups in total. The lowest BCUT2D eigenvalue weighted by Crippen LogP contribution is -2.43. The number of methoxy groups -OCH3 is 1. The summed E-state index contributed by atoms with van der Waals surface area (Å²) in [5.41, 5.74) is 4.74. The zero-order chi connectivity index (χ0) is 25.2. The standard InChI is InChI=1S/C27H26N8O/c1-28-20-8-6-18(7-9-20)24-23(19-16-22(29-2)26(36-5)31-17-19)25-30-12-15-35(25)27(32-24)34-13-10-21(11-14-34)33(3)4/h6-9,12,15-17,21H,10-11,13-14H2,3-5H3. The van der Waals surface area contributed by atoms with Crippen LogP contribution in [-0.4, -0.2) is 64.6 Å². The van der Waals surface area contributed by atoms with E-state index >= 15 is 0 Å². The van der Waals surface area contributed by atoms with E-state index in [1.807, 2.05) is 22.7 Å². The van der Waals surface area contributed by atoms with Crippen LogP contribution in [0, 0.1) is 13.1 Å². The minimum atomic E-state index is 0.282. The largest absolute Gasteiger partial charge is 0.490 e. The number of imidazole rings is 1. The van der Waals surface area contributed by atoms with Crippen molar-refractivity contribution in [2.45, 2.75) is 18.9 Å². The van der Waals surface area contributed by atoms with Crippen LogP contribution in [-0.2, 0) is 0 Å². The number of rotatable bonds is 5. The van der Waals surface area contributed by atoms with Gasteiger partial charge in [0.2, 0.25) is 17.5 Å². The summed E-state index contributed by atoms with van der Waals surface area (Å²) in [6.07, 6.45) is 7.50. The van der Waals surface area contributed by atoms with Crippen molar-refractivity contribution in [3.05, 3.63) is 71.8 Å². The second-order valence-electron chi connectivity index (χ2n) is 8.96. The van der Waals surface area contributed by atoms with E-state index in [0.29, 0.717) is 17.4 Å². The number of hydrogen-bond donors (Lipinski definition) is 0. The van der Waals surface area contributed by atoms with Crippen LogP contribution in [0.15, 0.2) is 48.9 Å². The molecule has 9 heteroatoms. The lowest BCUT2D eigenvalue weighted by molar-refractivity contribution is 0.249. The maximum absolute atomic E-state index is 7.59. The third-order valence-electron chi connectivity index (χ3n) is 6.71. The maximum atomic E-state index is 7.59. The molecular formula is C27H26N8O. The molecule has 9 nitrogen and oxygen atoms in total. The van der Waals surface area contributed by atoms with Crippen LogP contribution in [0.5, 0.6) is 5.88 Å². The predicted octanol–water partition coefficient (Wildman–Crippen LogP) is 5.10. The monoisotopic (exact) mass is 478 g/mol. The van der Waals surface area contributed by atoms with Gasteiger partial charge in [-0.05, 0) is 44.1 Å². The van der Waals surface area contributed by atoms with Crippen molar-refractivity contribution in [2.75, 3.05) is 39.2 Å². The molecule has 4 aromatic rings. The normalized spacial score (nSPS) is 14.1. The number of pyridine rings is 1. The summed E-state index contributed by atoms with van der Waals surface area (Å²) in [5, 5.41) is 0. The van der Waals surface area contributed by atoms with Crippen molar-refractivity contribution in [2.24, 2.45) is 0 Å². The molecule has 1 saturated heterocycles. The van der Waals surface area contributed by atoms with Crippen LogP contribution in [0.1, 0.15) is 12.8 Å². The number of hydrogen-bond acceptors (Lipinski definition) is 6. The molecule has 0 spiro atoms. The smallest absolute Gasteiger partial charge is 0.247 e. The Balaban J connectivity index is 1.72. The summed E-state index contributed by atoms with van der Waals surface area (Å²) in [6, 6.07) is 9.73. The van der Waals surface area contributed by atoms with Crippen molar-refractivity contribution in [3.63, 3.8) is 0 Å². The molecule has 4 heterocycles. The molecule has 0 atom stereocenters. The average molecular weight is 479 g/mol. The number of benzene rings is 1. The molecule has 1 aliphatic heterocycles. The Kier molecular flexibility index (Phi) is 6.24. The number of nitrogens with zero attached hydrogens (tertiary/aromatic N) is 8. The zero-order valence-electron chi connectivity index (χ0n) is 20.5. The minimum Gasteiger partial charge on any atom is -0.490 e. The van der Waals surface area contributed by atoms with Gasteiger partial charge in [-0.3, -0.25) is 4.40 Å². The molecule has 0 aliphatic carbocycles. The van der Waals surface area contributed by atoms with Gasteiger partial charge >= 0.3 is 0 Å². The number of ether oxygens (including phenoxy) is 1. The molecule has 1 aliphatic rings. The average Bonchev–Trinajstić information content (AvgIpc) is 3.41. The van der Waals surface area contributed by atoms with Crippen LogP contribution in [0.3, 0.4) is 0 Å². The molecule has 0 radical (unpaired) electrons. The molecule has 5 rings (SSSR count). The highest BCUT2D eigenvalue weighted by molar-refractivity contribution is 5.92. The molecule has 1 aromatic carbocycles. The fourth-order valence-corrected chi connectivity index (χ4v) is 4.75. The summed E-state index contributed by atoms with van der Waals surface area (Å²) >= 11 is 0. The maximum Gasteiger partial charge on any atom is 0.247 e. The van der Waals surface area contributed by atoms with E-state index in [0.717, 1.165) is 59.9 Å². The van der Waals surface area contributed by atoms with Gasteiger partial charge in [0.15, 0.2) is 5.69 Å². The summed E-state index contributed by atoms with van der Waals surface area (Å²) < 4.78 is 7.28. The molecule has 0 amide bonds. The summed E-state index contributed by atoms with van der Waals surface area (Å²) in [5.74, 6) is 1.11. The number of piperidine rings is 1. The lowest BCUT2D eigenvalue weighted by Gasteiger charge is -2.36. The third-order valence-corrected chi connectivity index (χ3v) is 6.71. The lowest BCUT2D eigenvalue weighted by atomic mass is 10.0. The first-order valence-electron chi connectivity index (χ1n) is 11.7. The minimum absolute atomic E-state index is 0.282. The van der Waals surface area contributed by atoms with E-state index in [1.54, 1.807) is 30.6 Å². The number of fused-ring (bicyclic) bond motifs is 1. The van der Waals surface area contributed by atoms with Crippen LogP contribution in [0.2, 0.25) is 0 Å². The molecule has 3 aromatic heterocycles. The zero-order valence-corrected chi connectivity index (χ0v) is 20.5. The summed E-state index contributed by atoms with van der Waals surface area (Å²) in [6.45, 7) is 16.7. The molecule has 180 valence electrons. The van der Waals surface area contributed by atoms with Crippen molar-refractivity contribution < 1.29 is 4.74 Å². The third kappa shape index (κ3) is 4.10. The van der Waals surface area contributed by atoms with E-state index < -0.39 is 0 Å². The number of aromatic nitrogens is 4. The van der Waals surface area contributed by atoms with Gasteiger partial charge < -0.3 is 14.5 Å². The first-order valence-corrected chi connectivity index (χ1v) is 11.7. The number of anilines is 1. The van der Waals surface area contributed by atoms with Gasteiger partial charge in [-0.25, -0.2) is 24.6 Å². The summed E-state index contributed by atoms with van der Waals surface area (Å²) in [7, 11) is 5.77. The molecule has 0 saturated carbocycles. The van der Waals surface area contributed by atoms with Crippen molar-refractivity contribution in [1.82, 2.24) is 24.3 Å². The highest BCUT2D eigenvalue weighted by Crippen LogP contribution is 2.39. The van der Waals surface area contributed by atoms with Crippen molar-refractivity contribution >= 4 is 23.0 Å². The van der Waals surface area contributed by atoms with E-state index in [4.69, 9.17) is 27.8 Å². The quantitative estimate of drug-likeness (QED) is 0.372. The fourth-order valence-electron chi connectivity index (χ4n) is 4.75. The SMILES string of the molecule is [C-]#[N+]c1ccc(-c2nc(N3CCC(N(C)C)CC3)n3ccnc3c2-c2cnc(OC)c([N+]#[C-])c2)cc1. The van der Waals surface area contributed by atoms with E-state index in [9.17, 15) is 0 Å². The Morgan fingerprint density at radius 2 is 1.78 bits per heavy atom. The Bertz CT molecular complexity index is 1490. The van der Waals surface area contributed by atoms with Gasteiger partial charge in [0.1, 0.15) is 5.65 Å². The van der Waals surface area contributed by atoms with E-state index in [2.05, 4.69) is 38.6 Å². The Labute approximate surface area is 210 Å². The summed E-state index contributed by atoms with van der Waals surface area (Å²) in [4.78, 5) is 26.0. The van der Waals surface area contributed by atoms with Crippen LogP contribution in [0.25, 0.3) is 37.7 Å². The first-order chi connectivity index (χ1) is 17.5. The highest BCUT2D eigenvalue weighted by Gasteiger charge is 2.26. The second kappa shape index (κ2) is 9.65. The highest BCUT2D eigenvalue weighted by atomic mass is 16.5. The second-order valence-corrected chi connectivity index (χ2v) is 8.96. The van der Waals surface area contributed by atoms with Gasteiger partial charge in [-0.1, -0.05) is 24.3 Å². The molecule has 36 heavy (non-hydrogen) atoms. The Morgan fingerprint density at radius 1 is 1.03 bits per heavy atom. The predicted molar refractivity (Wildman–Crippen MR) is 140 cm³/mol. The van der Waals surface area contributed by atoms with Crippen LogP contribution in [0.4, 0.5) is 17.3 Å². The topological polar surface area (TPSA) is 67.5 Å². The van der Waals surface area contributed by atoms with Gasteiger partial charge in [0, 0.05) is 37.7 Å². The molecule has 1 fully saturated rings. The van der Waals surface area contributed by atoms with Crippen LogP contribution >= 0.6 is 0 Å². The Hall–Kier alpha value is -4.47. The van der Waals surface area contributed by atoms with E-state index in [-0.39, 0.29) is 5.88 Å². The Morgan fingerprint density at radius 3 is 2.42 bits per heavy atom. The van der Waals surface area contributed by atoms with Gasteiger partial charge in [0.25, 0.3) is 0 Å². The van der Waals surface area contributed by atoms with Crippen molar-refractivity contribution in [1.29, 1.82) is 0 Å². The molecular weight excluding hydrogens is 452 g/mol.